The molecule has 0 aliphatic carbocycles. The van der Waals surface area contributed by atoms with Crippen molar-refractivity contribution in [2.24, 2.45) is 0 Å². The normalized spacial score (nSPS) is 16.7. The second kappa shape index (κ2) is 4.39. The van der Waals surface area contributed by atoms with Crippen molar-refractivity contribution in [3.63, 3.8) is 0 Å². The van der Waals surface area contributed by atoms with Gasteiger partial charge in [-0.1, -0.05) is 5.16 Å². The SMILES string of the molecule is Cc1noc(CC(=O)N2CCOCC2)n1. The van der Waals surface area contributed by atoms with E-state index in [9.17, 15) is 4.79 Å². The van der Waals surface area contributed by atoms with E-state index in [4.69, 9.17) is 9.26 Å². The molecule has 0 saturated carbocycles. The summed E-state index contributed by atoms with van der Waals surface area (Å²) in [5.74, 6) is 0.950. The van der Waals surface area contributed by atoms with Gasteiger partial charge in [-0.15, -0.1) is 0 Å². The molecule has 6 nitrogen and oxygen atoms in total. The number of carbonyl (C=O) groups is 1. The van der Waals surface area contributed by atoms with Crippen LogP contribution in [0.4, 0.5) is 0 Å². The number of nitrogens with zero attached hydrogens (tertiary/aromatic N) is 3. The maximum absolute atomic E-state index is 11.7. The van der Waals surface area contributed by atoms with Crippen molar-refractivity contribution in [3.8, 4) is 0 Å². The monoisotopic (exact) mass is 211 g/mol. The molecule has 2 heterocycles. The highest BCUT2D eigenvalue weighted by atomic mass is 16.5. The van der Waals surface area contributed by atoms with E-state index in [0.29, 0.717) is 38.0 Å². The van der Waals surface area contributed by atoms with E-state index in [1.165, 1.54) is 0 Å². The van der Waals surface area contributed by atoms with Crippen LogP contribution in [0.2, 0.25) is 0 Å². The van der Waals surface area contributed by atoms with E-state index in [0.717, 1.165) is 0 Å². The first-order valence-corrected chi connectivity index (χ1v) is 4.90. The molecule has 1 aliphatic rings. The maximum atomic E-state index is 11.7. The van der Waals surface area contributed by atoms with Gasteiger partial charge in [-0.3, -0.25) is 4.79 Å². The van der Waals surface area contributed by atoms with Crippen LogP contribution in [0, 0.1) is 6.92 Å². The highest BCUT2D eigenvalue weighted by Gasteiger charge is 2.19. The predicted octanol–water partition coefficient (Wildman–Crippen LogP) is -0.221. The van der Waals surface area contributed by atoms with Gasteiger partial charge in [-0.25, -0.2) is 0 Å². The zero-order valence-electron chi connectivity index (χ0n) is 8.60. The van der Waals surface area contributed by atoms with Crippen LogP contribution in [0.1, 0.15) is 11.7 Å². The first kappa shape index (κ1) is 10.1. The lowest BCUT2D eigenvalue weighted by Crippen LogP contribution is -2.41. The molecule has 1 amide bonds. The third-order valence-electron chi connectivity index (χ3n) is 2.24. The average molecular weight is 211 g/mol. The summed E-state index contributed by atoms with van der Waals surface area (Å²) in [5, 5.41) is 3.63. The fourth-order valence-corrected chi connectivity index (χ4v) is 1.47. The van der Waals surface area contributed by atoms with Gasteiger partial charge in [0.25, 0.3) is 0 Å². The molecule has 0 N–H and O–H groups in total. The zero-order chi connectivity index (χ0) is 10.7. The summed E-state index contributed by atoms with van der Waals surface area (Å²) in [6.45, 7) is 4.23. The van der Waals surface area contributed by atoms with E-state index in [-0.39, 0.29) is 12.3 Å². The van der Waals surface area contributed by atoms with Crippen molar-refractivity contribution in [1.82, 2.24) is 15.0 Å². The van der Waals surface area contributed by atoms with Gasteiger partial charge in [0.2, 0.25) is 11.8 Å². The molecule has 1 aliphatic heterocycles. The zero-order valence-corrected chi connectivity index (χ0v) is 8.60. The lowest BCUT2D eigenvalue weighted by Gasteiger charge is -2.26. The Morgan fingerprint density at radius 2 is 2.20 bits per heavy atom. The fourth-order valence-electron chi connectivity index (χ4n) is 1.47. The second-order valence-corrected chi connectivity index (χ2v) is 3.41. The summed E-state index contributed by atoms with van der Waals surface area (Å²) in [7, 11) is 0. The van der Waals surface area contributed by atoms with Gasteiger partial charge in [0, 0.05) is 13.1 Å². The summed E-state index contributed by atoms with van der Waals surface area (Å²) in [5.41, 5.74) is 0. The lowest BCUT2D eigenvalue weighted by molar-refractivity contribution is -0.134. The summed E-state index contributed by atoms with van der Waals surface area (Å²) < 4.78 is 10.0. The quantitative estimate of drug-likeness (QED) is 0.676. The van der Waals surface area contributed by atoms with E-state index >= 15 is 0 Å². The minimum atomic E-state index is 0.0157. The molecule has 1 aromatic rings. The van der Waals surface area contributed by atoms with Crippen LogP contribution in [0.3, 0.4) is 0 Å². The van der Waals surface area contributed by atoms with Gasteiger partial charge in [-0.2, -0.15) is 4.98 Å². The smallest absolute Gasteiger partial charge is 0.236 e. The van der Waals surface area contributed by atoms with Gasteiger partial charge in [-0.05, 0) is 6.92 Å². The molecule has 2 rings (SSSR count). The number of rotatable bonds is 2. The van der Waals surface area contributed by atoms with Gasteiger partial charge < -0.3 is 14.2 Å². The Hall–Kier alpha value is -1.43. The topological polar surface area (TPSA) is 68.5 Å². The van der Waals surface area contributed by atoms with Crippen LogP contribution >= 0.6 is 0 Å². The lowest BCUT2D eigenvalue weighted by atomic mass is 10.3. The molecular weight excluding hydrogens is 198 g/mol. The number of aromatic nitrogens is 2. The fraction of sp³-hybridized carbons (Fsp3) is 0.667. The highest BCUT2D eigenvalue weighted by Crippen LogP contribution is 2.03. The summed E-state index contributed by atoms with van der Waals surface area (Å²) in [4.78, 5) is 17.5. The number of hydrogen-bond donors (Lipinski definition) is 0. The molecule has 0 unspecified atom stereocenters. The first-order chi connectivity index (χ1) is 7.25. The van der Waals surface area contributed by atoms with Crippen molar-refractivity contribution >= 4 is 5.91 Å². The Morgan fingerprint density at radius 1 is 1.47 bits per heavy atom. The van der Waals surface area contributed by atoms with Crippen molar-refractivity contribution in [2.45, 2.75) is 13.3 Å². The number of hydrogen-bond acceptors (Lipinski definition) is 5. The molecule has 0 aromatic carbocycles. The van der Waals surface area contributed by atoms with Crippen molar-refractivity contribution in [3.05, 3.63) is 11.7 Å². The Labute approximate surface area is 87.2 Å². The molecule has 15 heavy (non-hydrogen) atoms. The van der Waals surface area contributed by atoms with E-state index in [1.807, 2.05) is 0 Å². The summed E-state index contributed by atoms with van der Waals surface area (Å²) in [6, 6.07) is 0. The van der Waals surface area contributed by atoms with Crippen molar-refractivity contribution in [2.75, 3.05) is 26.3 Å². The molecule has 1 aromatic heterocycles. The van der Waals surface area contributed by atoms with Crippen LogP contribution < -0.4 is 0 Å². The molecule has 1 fully saturated rings. The van der Waals surface area contributed by atoms with Crippen LogP contribution in [0.5, 0.6) is 0 Å². The third kappa shape index (κ3) is 2.53. The third-order valence-corrected chi connectivity index (χ3v) is 2.24. The Balaban J connectivity index is 1.91. The van der Waals surface area contributed by atoms with Crippen LogP contribution in [-0.4, -0.2) is 47.3 Å². The van der Waals surface area contributed by atoms with Crippen molar-refractivity contribution in [1.29, 1.82) is 0 Å². The van der Waals surface area contributed by atoms with Crippen molar-refractivity contribution < 1.29 is 14.1 Å². The maximum Gasteiger partial charge on any atom is 0.236 e. The molecule has 82 valence electrons. The van der Waals surface area contributed by atoms with E-state index in [1.54, 1.807) is 11.8 Å². The van der Waals surface area contributed by atoms with Crippen LogP contribution in [0.25, 0.3) is 0 Å². The van der Waals surface area contributed by atoms with Gasteiger partial charge in [0.15, 0.2) is 5.82 Å². The summed E-state index contributed by atoms with van der Waals surface area (Å²) in [6.07, 6.45) is 0.181. The minimum absolute atomic E-state index is 0.0157. The molecule has 0 radical (unpaired) electrons. The number of morpholine rings is 1. The van der Waals surface area contributed by atoms with Crippen LogP contribution in [0.15, 0.2) is 4.52 Å². The average Bonchev–Trinajstić information content (AvgIpc) is 2.65. The van der Waals surface area contributed by atoms with Crippen LogP contribution in [-0.2, 0) is 16.0 Å². The summed E-state index contributed by atoms with van der Waals surface area (Å²) >= 11 is 0. The first-order valence-electron chi connectivity index (χ1n) is 4.90. The number of aryl methyl sites for hydroxylation is 1. The van der Waals surface area contributed by atoms with E-state index in [2.05, 4.69) is 10.1 Å². The second-order valence-electron chi connectivity index (χ2n) is 3.41. The highest BCUT2D eigenvalue weighted by molar-refractivity contribution is 5.77. The molecule has 0 atom stereocenters. The standard InChI is InChI=1S/C9H13N3O3/c1-7-10-8(15-11-7)6-9(13)12-2-4-14-5-3-12/h2-6H2,1H3. The molecular formula is C9H13N3O3. The molecule has 0 spiro atoms. The minimum Gasteiger partial charge on any atom is -0.378 e. The van der Waals surface area contributed by atoms with E-state index < -0.39 is 0 Å². The Morgan fingerprint density at radius 3 is 2.80 bits per heavy atom. The largest absolute Gasteiger partial charge is 0.378 e. The Bertz CT molecular complexity index is 344. The number of ether oxygens (including phenoxy) is 1. The van der Waals surface area contributed by atoms with Gasteiger partial charge >= 0.3 is 0 Å². The predicted molar refractivity (Wildman–Crippen MR) is 50.1 cm³/mol. The number of amides is 1. The Kier molecular flexibility index (Phi) is 2.96. The van der Waals surface area contributed by atoms with Gasteiger partial charge in [0.05, 0.1) is 13.2 Å². The number of carbonyl (C=O) groups excluding carboxylic acids is 1. The van der Waals surface area contributed by atoms with Gasteiger partial charge in [0.1, 0.15) is 6.42 Å². The molecule has 6 heteroatoms. The molecule has 1 saturated heterocycles. The molecule has 0 bridgehead atoms.